The summed E-state index contributed by atoms with van der Waals surface area (Å²) < 4.78 is 0. The summed E-state index contributed by atoms with van der Waals surface area (Å²) in [6.07, 6.45) is 0.258. The Labute approximate surface area is 128 Å². The largest absolute Gasteiger partial charge is 0.354 e. The minimum Gasteiger partial charge on any atom is -0.354 e. The first-order valence-electron chi connectivity index (χ1n) is 6.51. The number of amides is 3. The minimum absolute atomic E-state index is 0.146. The molecule has 0 radical (unpaired) electrons. The minimum atomic E-state index is -0.270. The van der Waals surface area contributed by atoms with Crippen LogP contribution in [0.3, 0.4) is 0 Å². The van der Waals surface area contributed by atoms with Gasteiger partial charge in [0, 0.05) is 43.6 Å². The number of anilines is 1. The Morgan fingerprint density at radius 2 is 1.86 bits per heavy atom. The van der Waals surface area contributed by atoms with E-state index in [9.17, 15) is 14.4 Å². The zero-order chi connectivity index (χ0) is 15.7. The van der Waals surface area contributed by atoms with Crippen LogP contribution in [-0.4, -0.2) is 36.7 Å². The summed E-state index contributed by atoms with van der Waals surface area (Å²) >= 11 is 5.43. The van der Waals surface area contributed by atoms with Crippen LogP contribution >= 0.6 is 11.6 Å². The van der Waals surface area contributed by atoms with Gasteiger partial charge < -0.3 is 16.0 Å². The summed E-state index contributed by atoms with van der Waals surface area (Å²) in [7, 11) is 0. The van der Waals surface area contributed by atoms with E-state index in [1.165, 1.54) is 6.92 Å². The number of hydrogen-bond donors (Lipinski definition) is 3. The molecule has 114 valence electrons. The molecule has 0 unspecified atom stereocenters. The molecule has 0 aliphatic rings. The van der Waals surface area contributed by atoms with E-state index >= 15 is 0 Å². The zero-order valence-electron chi connectivity index (χ0n) is 11.7. The number of benzene rings is 1. The molecular weight excluding hydrogens is 294 g/mol. The summed E-state index contributed by atoms with van der Waals surface area (Å²) in [5.74, 6) is -0.344. The van der Waals surface area contributed by atoms with E-state index in [0.29, 0.717) is 24.3 Å². The Morgan fingerprint density at radius 1 is 1.14 bits per heavy atom. The van der Waals surface area contributed by atoms with Crippen molar-refractivity contribution >= 4 is 35.0 Å². The predicted molar refractivity (Wildman–Crippen MR) is 81.4 cm³/mol. The normalized spacial score (nSPS) is 9.81. The van der Waals surface area contributed by atoms with Gasteiger partial charge in [0.15, 0.2) is 0 Å². The van der Waals surface area contributed by atoms with Crippen molar-refractivity contribution in [3.05, 3.63) is 29.8 Å². The third-order valence-corrected chi connectivity index (χ3v) is 2.69. The monoisotopic (exact) mass is 311 g/mol. The van der Waals surface area contributed by atoms with Crippen molar-refractivity contribution in [3.8, 4) is 0 Å². The van der Waals surface area contributed by atoms with Gasteiger partial charge in [0.1, 0.15) is 0 Å². The van der Waals surface area contributed by atoms with Crippen molar-refractivity contribution in [2.24, 2.45) is 0 Å². The van der Waals surface area contributed by atoms with Crippen LogP contribution in [-0.2, 0) is 9.59 Å². The summed E-state index contributed by atoms with van der Waals surface area (Å²) in [6.45, 7) is 2.06. The second kappa shape index (κ2) is 8.97. The molecule has 0 spiro atoms. The maximum Gasteiger partial charge on any atom is 0.251 e. The summed E-state index contributed by atoms with van der Waals surface area (Å²) in [4.78, 5) is 34.0. The van der Waals surface area contributed by atoms with Gasteiger partial charge in [-0.2, -0.15) is 0 Å². The molecule has 1 rings (SSSR count). The van der Waals surface area contributed by atoms with E-state index in [0.717, 1.165) is 0 Å². The van der Waals surface area contributed by atoms with E-state index in [1.54, 1.807) is 24.3 Å². The molecule has 0 aliphatic heterocycles. The third-order valence-electron chi connectivity index (χ3n) is 2.50. The molecule has 0 saturated heterocycles. The third kappa shape index (κ3) is 6.76. The number of carbonyl (C=O) groups excluding carboxylic acids is 3. The molecule has 21 heavy (non-hydrogen) atoms. The number of alkyl halides is 1. The second-order valence-corrected chi connectivity index (χ2v) is 4.68. The van der Waals surface area contributed by atoms with Gasteiger partial charge >= 0.3 is 0 Å². The molecule has 1 aromatic rings. The quantitative estimate of drug-likeness (QED) is 0.521. The highest BCUT2D eigenvalue weighted by Gasteiger charge is 2.06. The fraction of sp³-hybridized carbons (Fsp3) is 0.357. The molecule has 7 heteroatoms. The fourth-order valence-corrected chi connectivity index (χ4v) is 1.77. The van der Waals surface area contributed by atoms with E-state index in [-0.39, 0.29) is 30.0 Å². The molecule has 3 amide bonds. The number of carbonyl (C=O) groups is 3. The highest BCUT2D eigenvalue weighted by Crippen LogP contribution is 2.10. The summed E-state index contributed by atoms with van der Waals surface area (Å²) in [5, 5.41) is 7.92. The van der Waals surface area contributed by atoms with E-state index < -0.39 is 0 Å². The smallest absolute Gasteiger partial charge is 0.251 e. The standard InChI is InChI=1S/C14H18ClN3O3/c1-10(19)18-12-4-2-3-11(9-12)14(21)17-8-7-16-13(20)5-6-15/h2-4,9H,5-8H2,1H3,(H,16,20)(H,17,21)(H,18,19). The SMILES string of the molecule is CC(=O)Nc1cccc(C(=O)NCCNC(=O)CCCl)c1. The van der Waals surface area contributed by atoms with Gasteiger partial charge in [0.2, 0.25) is 11.8 Å². The molecule has 0 heterocycles. The van der Waals surface area contributed by atoms with Gasteiger partial charge in [-0.3, -0.25) is 14.4 Å². The Kier molecular flexibility index (Phi) is 7.25. The van der Waals surface area contributed by atoms with Gasteiger partial charge in [-0.25, -0.2) is 0 Å². The van der Waals surface area contributed by atoms with Crippen molar-refractivity contribution in [3.63, 3.8) is 0 Å². The van der Waals surface area contributed by atoms with Crippen LogP contribution in [0.4, 0.5) is 5.69 Å². The van der Waals surface area contributed by atoms with E-state index in [1.807, 2.05) is 0 Å². The molecule has 0 saturated carbocycles. The average molecular weight is 312 g/mol. The van der Waals surface area contributed by atoms with Crippen LogP contribution in [0.25, 0.3) is 0 Å². The van der Waals surface area contributed by atoms with Crippen molar-refractivity contribution in [1.29, 1.82) is 0 Å². The lowest BCUT2D eigenvalue weighted by atomic mass is 10.2. The van der Waals surface area contributed by atoms with Gasteiger partial charge in [-0.05, 0) is 18.2 Å². The van der Waals surface area contributed by atoms with E-state index in [4.69, 9.17) is 11.6 Å². The van der Waals surface area contributed by atoms with Gasteiger partial charge in [-0.1, -0.05) is 6.07 Å². The average Bonchev–Trinajstić information content (AvgIpc) is 2.43. The number of hydrogen-bond acceptors (Lipinski definition) is 3. The first-order chi connectivity index (χ1) is 10.0. The Hall–Kier alpha value is -2.08. The first-order valence-corrected chi connectivity index (χ1v) is 7.05. The maximum atomic E-state index is 11.9. The lowest BCUT2D eigenvalue weighted by Crippen LogP contribution is -2.34. The van der Waals surface area contributed by atoms with E-state index in [2.05, 4.69) is 16.0 Å². The second-order valence-electron chi connectivity index (χ2n) is 4.31. The fourth-order valence-electron chi connectivity index (χ4n) is 1.60. The van der Waals surface area contributed by atoms with Crippen molar-refractivity contribution in [1.82, 2.24) is 10.6 Å². The van der Waals surface area contributed by atoms with Crippen molar-refractivity contribution in [2.75, 3.05) is 24.3 Å². The van der Waals surface area contributed by atoms with Crippen LogP contribution in [0.2, 0.25) is 0 Å². The summed E-state index contributed by atoms with van der Waals surface area (Å²) in [6, 6.07) is 6.61. The summed E-state index contributed by atoms with van der Waals surface area (Å²) in [5.41, 5.74) is 0.999. The molecule has 1 aromatic carbocycles. The topological polar surface area (TPSA) is 87.3 Å². The molecule has 0 aliphatic carbocycles. The number of halogens is 1. The molecule has 0 aromatic heterocycles. The Morgan fingerprint density at radius 3 is 2.52 bits per heavy atom. The van der Waals surface area contributed by atoms with Crippen LogP contribution in [0.1, 0.15) is 23.7 Å². The maximum absolute atomic E-state index is 11.9. The van der Waals surface area contributed by atoms with Crippen molar-refractivity contribution in [2.45, 2.75) is 13.3 Å². The number of rotatable bonds is 7. The van der Waals surface area contributed by atoms with Crippen LogP contribution < -0.4 is 16.0 Å². The molecule has 3 N–H and O–H groups in total. The Bertz CT molecular complexity index is 520. The van der Waals surface area contributed by atoms with Crippen LogP contribution in [0.15, 0.2) is 24.3 Å². The molecular formula is C14H18ClN3O3. The molecule has 0 atom stereocenters. The van der Waals surface area contributed by atoms with Crippen LogP contribution in [0, 0.1) is 0 Å². The highest BCUT2D eigenvalue weighted by molar-refractivity contribution is 6.18. The van der Waals surface area contributed by atoms with Crippen LogP contribution in [0.5, 0.6) is 0 Å². The Balaban J connectivity index is 2.41. The van der Waals surface area contributed by atoms with Gasteiger partial charge in [0.05, 0.1) is 0 Å². The molecule has 0 bridgehead atoms. The van der Waals surface area contributed by atoms with Crippen molar-refractivity contribution < 1.29 is 14.4 Å². The van der Waals surface area contributed by atoms with Gasteiger partial charge in [-0.15, -0.1) is 11.6 Å². The lowest BCUT2D eigenvalue weighted by Gasteiger charge is -2.08. The number of nitrogens with one attached hydrogen (secondary N) is 3. The lowest BCUT2D eigenvalue weighted by molar-refractivity contribution is -0.120. The van der Waals surface area contributed by atoms with Gasteiger partial charge in [0.25, 0.3) is 5.91 Å². The molecule has 6 nitrogen and oxygen atoms in total. The first kappa shape index (κ1) is 17.0. The highest BCUT2D eigenvalue weighted by atomic mass is 35.5. The zero-order valence-corrected chi connectivity index (χ0v) is 12.5. The molecule has 0 fully saturated rings. The predicted octanol–water partition coefficient (Wildman–Crippen LogP) is 1.12.